The maximum absolute atomic E-state index is 12.7. The summed E-state index contributed by atoms with van der Waals surface area (Å²) in [5.41, 5.74) is 0.347. The molecule has 0 aliphatic carbocycles. The highest BCUT2D eigenvalue weighted by Crippen LogP contribution is 2.28. The number of pyridine rings is 1. The van der Waals surface area contributed by atoms with Gasteiger partial charge in [-0.25, -0.2) is 0 Å². The molecular weight excluding hydrogens is 296 g/mol. The number of aliphatic hydroxyl groups excluding tert-OH is 1. The van der Waals surface area contributed by atoms with E-state index in [-0.39, 0.29) is 17.5 Å². The van der Waals surface area contributed by atoms with E-state index in [1.165, 1.54) is 16.9 Å². The first-order chi connectivity index (χ1) is 11.1. The minimum absolute atomic E-state index is 0.0279. The summed E-state index contributed by atoms with van der Waals surface area (Å²) in [6.45, 7) is 0.664. The van der Waals surface area contributed by atoms with Gasteiger partial charge in [-0.3, -0.25) is 9.59 Å². The Morgan fingerprint density at radius 2 is 2.26 bits per heavy atom. The molecule has 1 aliphatic rings. The van der Waals surface area contributed by atoms with E-state index >= 15 is 0 Å². The Morgan fingerprint density at radius 1 is 1.43 bits per heavy atom. The second-order valence-electron chi connectivity index (χ2n) is 5.93. The van der Waals surface area contributed by atoms with Gasteiger partial charge in [-0.05, 0) is 31.0 Å². The van der Waals surface area contributed by atoms with Gasteiger partial charge in [-0.2, -0.15) is 0 Å². The second kappa shape index (κ2) is 6.42. The molecular formula is C17H20N2O4. The molecule has 1 aliphatic heterocycles. The molecule has 6 nitrogen and oxygen atoms in total. The third-order valence-electron chi connectivity index (χ3n) is 4.34. The molecule has 1 amide bonds. The smallest absolute Gasteiger partial charge is 0.255 e. The van der Waals surface area contributed by atoms with Crippen LogP contribution in [-0.4, -0.2) is 33.1 Å². The van der Waals surface area contributed by atoms with Crippen molar-refractivity contribution in [2.75, 3.05) is 6.54 Å². The Labute approximate surface area is 134 Å². The Kier molecular flexibility index (Phi) is 4.34. The summed E-state index contributed by atoms with van der Waals surface area (Å²) in [5, 5.41) is 10.2. The van der Waals surface area contributed by atoms with Crippen LogP contribution in [0.1, 0.15) is 41.5 Å². The van der Waals surface area contributed by atoms with Crippen molar-refractivity contribution in [2.24, 2.45) is 7.05 Å². The van der Waals surface area contributed by atoms with Gasteiger partial charge in [0.1, 0.15) is 11.9 Å². The highest BCUT2D eigenvalue weighted by atomic mass is 16.4. The molecule has 122 valence electrons. The normalized spacial score (nSPS) is 19.0. The number of furan rings is 1. The number of rotatable bonds is 4. The predicted molar refractivity (Wildman–Crippen MR) is 84.0 cm³/mol. The SMILES string of the molecule is Cn1cc(C(=O)N2CCCC2CC(O)c2ccco2)ccc1=O. The molecule has 2 aromatic rings. The average Bonchev–Trinajstić information content (AvgIpc) is 3.20. The van der Waals surface area contributed by atoms with E-state index in [0.29, 0.717) is 24.3 Å². The highest BCUT2D eigenvalue weighted by molar-refractivity contribution is 5.94. The summed E-state index contributed by atoms with van der Waals surface area (Å²) in [5.74, 6) is 0.418. The van der Waals surface area contributed by atoms with Crippen LogP contribution >= 0.6 is 0 Å². The third kappa shape index (κ3) is 3.22. The molecule has 3 heterocycles. The van der Waals surface area contributed by atoms with Crippen LogP contribution in [0.2, 0.25) is 0 Å². The van der Waals surface area contributed by atoms with Crippen molar-refractivity contribution in [1.29, 1.82) is 0 Å². The van der Waals surface area contributed by atoms with Crippen LogP contribution in [0, 0.1) is 0 Å². The van der Waals surface area contributed by atoms with Crippen LogP contribution in [0.15, 0.2) is 45.9 Å². The molecule has 0 bridgehead atoms. The van der Waals surface area contributed by atoms with Crippen molar-refractivity contribution in [3.63, 3.8) is 0 Å². The number of carbonyl (C=O) groups is 1. The van der Waals surface area contributed by atoms with Crippen LogP contribution in [0.4, 0.5) is 0 Å². The van der Waals surface area contributed by atoms with E-state index < -0.39 is 6.10 Å². The molecule has 2 unspecified atom stereocenters. The molecule has 0 saturated carbocycles. The van der Waals surface area contributed by atoms with Crippen molar-refractivity contribution in [1.82, 2.24) is 9.47 Å². The maximum atomic E-state index is 12.7. The fourth-order valence-electron chi connectivity index (χ4n) is 3.09. The molecule has 6 heteroatoms. The Balaban J connectivity index is 1.74. The monoisotopic (exact) mass is 316 g/mol. The number of aromatic nitrogens is 1. The first-order valence-corrected chi connectivity index (χ1v) is 7.75. The molecule has 2 atom stereocenters. The van der Waals surface area contributed by atoms with Gasteiger partial charge in [-0.1, -0.05) is 0 Å². The first kappa shape index (κ1) is 15.6. The largest absolute Gasteiger partial charge is 0.467 e. The molecule has 2 aromatic heterocycles. The number of aliphatic hydroxyl groups is 1. The zero-order valence-corrected chi connectivity index (χ0v) is 13.0. The second-order valence-corrected chi connectivity index (χ2v) is 5.93. The molecule has 23 heavy (non-hydrogen) atoms. The number of likely N-dealkylation sites (tertiary alicyclic amines) is 1. The molecule has 3 rings (SSSR count). The first-order valence-electron chi connectivity index (χ1n) is 7.75. The number of carbonyl (C=O) groups excluding carboxylic acids is 1. The van der Waals surface area contributed by atoms with Crippen LogP contribution < -0.4 is 5.56 Å². The van der Waals surface area contributed by atoms with Gasteiger partial charge >= 0.3 is 0 Å². The van der Waals surface area contributed by atoms with Crippen molar-refractivity contribution in [3.8, 4) is 0 Å². The molecule has 1 saturated heterocycles. The Bertz CT molecular complexity index is 735. The van der Waals surface area contributed by atoms with E-state index in [1.54, 1.807) is 36.3 Å². The topological polar surface area (TPSA) is 75.7 Å². The quantitative estimate of drug-likeness (QED) is 0.931. The molecule has 0 spiro atoms. The summed E-state index contributed by atoms with van der Waals surface area (Å²) >= 11 is 0. The van der Waals surface area contributed by atoms with Crippen molar-refractivity contribution < 1.29 is 14.3 Å². The van der Waals surface area contributed by atoms with E-state index in [9.17, 15) is 14.7 Å². The Hall–Kier alpha value is -2.34. The van der Waals surface area contributed by atoms with E-state index in [4.69, 9.17) is 4.42 Å². The Morgan fingerprint density at radius 3 is 2.96 bits per heavy atom. The van der Waals surface area contributed by atoms with Gasteiger partial charge in [-0.15, -0.1) is 0 Å². The van der Waals surface area contributed by atoms with Crippen molar-refractivity contribution >= 4 is 5.91 Å². The average molecular weight is 316 g/mol. The standard InChI is InChI=1S/C17H20N2O4/c1-18-11-12(6-7-16(18)21)17(22)19-8-2-4-13(19)10-14(20)15-5-3-9-23-15/h3,5-7,9,11,13-14,20H,2,4,8,10H2,1H3. The summed E-state index contributed by atoms with van der Waals surface area (Å²) in [4.78, 5) is 25.9. The summed E-state index contributed by atoms with van der Waals surface area (Å²) < 4.78 is 6.62. The lowest BCUT2D eigenvalue weighted by molar-refractivity contribution is 0.0640. The van der Waals surface area contributed by atoms with Crippen molar-refractivity contribution in [3.05, 3.63) is 58.4 Å². The van der Waals surface area contributed by atoms with Crippen molar-refractivity contribution in [2.45, 2.75) is 31.4 Å². The van der Waals surface area contributed by atoms with Gasteiger partial charge in [0, 0.05) is 38.3 Å². The lowest BCUT2D eigenvalue weighted by Gasteiger charge is -2.26. The molecule has 0 radical (unpaired) electrons. The van der Waals surface area contributed by atoms with Crippen LogP contribution in [0.25, 0.3) is 0 Å². The van der Waals surface area contributed by atoms with Crippen LogP contribution in [-0.2, 0) is 7.05 Å². The highest BCUT2D eigenvalue weighted by Gasteiger charge is 2.32. The van der Waals surface area contributed by atoms with Gasteiger partial charge in [0.25, 0.3) is 5.91 Å². The summed E-state index contributed by atoms with van der Waals surface area (Å²) in [6.07, 6.45) is 4.58. The molecule has 1 fully saturated rings. The lowest BCUT2D eigenvalue weighted by atomic mass is 10.0. The fourth-order valence-corrected chi connectivity index (χ4v) is 3.09. The van der Waals surface area contributed by atoms with E-state index in [1.807, 2.05) is 0 Å². The van der Waals surface area contributed by atoms with E-state index in [0.717, 1.165) is 12.8 Å². The summed E-state index contributed by atoms with van der Waals surface area (Å²) in [6, 6.07) is 6.40. The number of hydrogen-bond acceptors (Lipinski definition) is 4. The number of aryl methyl sites for hydroxylation is 1. The lowest BCUT2D eigenvalue weighted by Crippen LogP contribution is -2.37. The minimum atomic E-state index is -0.719. The number of amides is 1. The summed E-state index contributed by atoms with van der Waals surface area (Å²) in [7, 11) is 1.63. The van der Waals surface area contributed by atoms with Gasteiger partial charge in [0.15, 0.2) is 0 Å². The van der Waals surface area contributed by atoms with Crippen LogP contribution in [0.3, 0.4) is 0 Å². The number of hydrogen-bond donors (Lipinski definition) is 1. The minimum Gasteiger partial charge on any atom is -0.467 e. The van der Waals surface area contributed by atoms with E-state index in [2.05, 4.69) is 0 Å². The zero-order chi connectivity index (χ0) is 16.4. The van der Waals surface area contributed by atoms with Crippen LogP contribution in [0.5, 0.6) is 0 Å². The third-order valence-corrected chi connectivity index (χ3v) is 4.34. The van der Waals surface area contributed by atoms with Gasteiger partial charge < -0.3 is 19.0 Å². The zero-order valence-electron chi connectivity index (χ0n) is 13.0. The maximum Gasteiger partial charge on any atom is 0.255 e. The molecule has 1 N–H and O–H groups in total. The fraction of sp³-hybridized carbons (Fsp3) is 0.412. The predicted octanol–water partition coefficient (Wildman–Crippen LogP) is 1.71. The van der Waals surface area contributed by atoms with Gasteiger partial charge in [0.2, 0.25) is 5.56 Å². The molecule has 0 aromatic carbocycles. The van der Waals surface area contributed by atoms with Gasteiger partial charge in [0.05, 0.1) is 11.8 Å². The number of nitrogens with zero attached hydrogens (tertiary/aromatic N) is 2.